The van der Waals surface area contributed by atoms with Crippen molar-refractivity contribution in [1.29, 1.82) is 0 Å². The van der Waals surface area contributed by atoms with Crippen LogP contribution in [-0.4, -0.2) is 69.4 Å². The fourth-order valence-electron chi connectivity index (χ4n) is 2.55. The summed E-state index contributed by atoms with van der Waals surface area (Å²) in [5.74, 6) is 0. The summed E-state index contributed by atoms with van der Waals surface area (Å²) in [6.07, 6.45) is 7.16. The van der Waals surface area contributed by atoms with Gasteiger partial charge in [-0.15, -0.1) is 0 Å². The average Bonchev–Trinajstić information content (AvgIpc) is 2.37. The average molecular weight is 320 g/mol. The van der Waals surface area contributed by atoms with Gasteiger partial charge in [-0.3, -0.25) is 4.72 Å². The first-order valence-electron chi connectivity index (χ1n) is 8.31. The zero-order chi connectivity index (χ0) is 15.7. The lowest BCUT2D eigenvalue weighted by Gasteiger charge is -2.33. The molecule has 1 fully saturated rings. The first-order chi connectivity index (χ1) is 9.87. The van der Waals surface area contributed by atoms with Gasteiger partial charge in [-0.2, -0.15) is 0 Å². The standard InChI is InChI=1S/C16H37N3OS/c1-16(2,3)14-17-8-12-20-13-11-19-9-6-15(7-10-19)18-21(4)5/h15,17-18,21H,6-14H2,1-5H3. The molecule has 1 saturated heterocycles. The van der Waals surface area contributed by atoms with Gasteiger partial charge in [0.1, 0.15) is 0 Å². The Morgan fingerprint density at radius 2 is 1.81 bits per heavy atom. The van der Waals surface area contributed by atoms with Crippen molar-refractivity contribution in [2.45, 2.75) is 39.7 Å². The lowest BCUT2D eigenvalue weighted by molar-refractivity contribution is 0.0938. The van der Waals surface area contributed by atoms with Crippen LogP contribution in [-0.2, 0) is 4.74 Å². The minimum atomic E-state index is 0.0340. The van der Waals surface area contributed by atoms with Gasteiger partial charge in [0.15, 0.2) is 0 Å². The van der Waals surface area contributed by atoms with E-state index in [2.05, 4.69) is 48.2 Å². The topological polar surface area (TPSA) is 36.5 Å². The minimum Gasteiger partial charge on any atom is -0.379 e. The van der Waals surface area contributed by atoms with E-state index in [0.717, 1.165) is 38.9 Å². The van der Waals surface area contributed by atoms with E-state index in [1.54, 1.807) is 0 Å². The van der Waals surface area contributed by atoms with Crippen LogP contribution in [0, 0.1) is 5.41 Å². The van der Waals surface area contributed by atoms with Gasteiger partial charge in [0.25, 0.3) is 0 Å². The third-order valence-corrected chi connectivity index (χ3v) is 4.54. The molecule has 0 amide bonds. The Morgan fingerprint density at radius 1 is 1.14 bits per heavy atom. The molecule has 0 aromatic heterocycles. The SMILES string of the molecule is C[SH](C)NC1CCN(CCOCCNCC(C)(C)C)CC1. The molecule has 0 radical (unpaired) electrons. The number of thiol groups is 1. The van der Waals surface area contributed by atoms with Crippen molar-refractivity contribution in [2.75, 3.05) is 58.4 Å². The predicted molar refractivity (Wildman–Crippen MR) is 96.6 cm³/mol. The molecule has 0 aromatic rings. The van der Waals surface area contributed by atoms with E-state index >= 15 is 0 Å². The monoisotopic (exact) mass is 319 g/mol. The molecule has 128 valence electrons. The van der Waals surface area contributed by atoms with Crippen LogP contribution < -0.4 is 10.0 Å². The van der Waals surface area contributed by atoms with Crippen LogP contribution in [0.3, 0.4) is 0 Å². The summed E-state index contributed by atoms with van der Waals surface area (Å²) < 4.78 is 9.43. The van der Waals surface area contributed by atoms with Crippen molar-refractivity contribution in [3.8, 4) is 0 Å². The Hall–Kier alpha value is 0.190. The normalized spacial score (nSPS) is 19.0. The first kappa shape index (κ1) is 19.2. The summed E-state index contributed by atoms with van der Waals surface area (Å²) in [6.45, 7) is 14.0. The molecule has 0 saturated carbocycles. The quantitative estimate of drug-likeness (QED) is 0.448. The molecule has 1 heterocycles. The van der Waals surface area contributed by atoms with E-state index in [9.17, 15) is 0 Å². The fraction of sp³-hybridized carbons (Fsp3) is 1.00. The van der Waals surface area contributed by atoms with Crippen molar-refractivity contribution in [2.24, 2.45) is 5.41 Å². The summed E-state index contributed by atoms with van der Waals surface area (Å²) in [5, 5.41) is 3.44. The predicted octanol–water partition coefficient (Wildman–Crippen LogP) is 1.87. The van der Waals surface area contributed by atoms with Gasteiger partial charge in [0.05, 0.1) is 13.2 Å². The number of rotatable bonds is 9. The number of ether oxygens (including phenoxy) is 1. The highest BCUT2D eigenvalue weighted by atomic mass is 32.2. The van der Waals surface area contributed by atoms with Crippen LogP contribution in [0.1, 0.15) is 33.6 Å². The second-order valence-electron chi connectivity index (χ2n) is 7.49. The molecule has 0 bridgehead atoms. The second-order valence-corrected chi connectivity index (χ2v) is 9.54. The molecule has 0 atom stereocenters. The maximum atomic E-state index is 5.73. The van der Waals surface area contributed by atoms with Gasteiger partial charge in [0.2, 0.25) is 0 Å². The molecule has 0 aromatic carbocycles. The van der Waals surface area contributed by atoms with Gasteiger partial charge >= 0.3 is 0 Å². The van der Waals surface area contributed by atoms with E-state index in [1.807, 2.05) is 0 Å². The number of likely N-dealkylation sites (tertiary alicyclic amines) is 1. The number of hydrogen-bond donors (Lipinski definition) is 3. The molecule has 0 spiro atoms. The van der Waals surface area contributed by atoms with Gasteiger partial charge in [0, 0.05) is 25.7 Å². The first-order valence-corrected chi connectivity index (χ1v) is 10.5. The molecule has 21 heavy (non-hydrogen) atoms. The third kappa shape index (κ3) is 10.5. The Balaban J connectivity index is 1.93. The smallest absolute Gasteiger partial charge is 0.0594 e. The Kier molecular flexibility index (Phi) is 9.21. The highest BCUT2D eigenvalue weighted by Crippen LogP contribution is 2.16. The van der Waals surface area contributed by atoms with E-state index in [4.69, 9.17) is 4.74 Å². The third-order valence-electron chi connectivity index (χ3n) is 3.66. The van der Waals surface area contributed by atoms with E-state index in [1.165, 1.54) is 25.9 Å². The maximum Gasteiger partial charge on any atom is 0.0594 e. The largest absolute Gasteiger partial charge is 0.379 e. The molecule has 1 aliphatic rings. The van der Waals surface area contributed by atoms with Crippen molar-refractivity contribution in [1.82, 2.24) is 14.9 Å². The second kappa shape index (κ2) is 10.1. The molecule has 1 rings (SSSR count). The van der Waals surface area contributed by atoms with E-state index in [0.29, 0.717) is 5.41 Å². The van der Waals surface area contributed by atoms with Gasteiger partial charge in [-0.05, 0) is 43.9 Å². The van der Waals surface area contributed by atoms with Crippen LogP contribution in [0.2, 0.25) is 0 Å². The highest BCUT2D eigenvalue weighted by Gasteiger charge is 2.18. The summed E-state index contributed by atoms with van der Waals surface area (Å²) in [6, 6.07) is 0.741. The fourth-order valence-corrected chi connectivity index (χ4v) is 3.54. The Labute approximate surface area is 134 Å². The Morgan fingerprint density at radius 3 is 2.38 bits per heavy atom. The zero-order valence-electron chi connectivity index (χ0n) is 14.7. The molecule has 2 N–H and O–H groups in total. The number of hydrogen-bond acceptors (Lipinski definition) is 4. The van der Waals surface area contributed by atoms with Crippen molar-refractivity contribution in [3.05, 3.63) is 0 Å². The minimum absolute atomic E-state index is 0.0340. The van der Waals surface area contributed by atoms with Gasteiger partial charge in [-0.1, -0.05) is 20.8 Å². The lowest BCUT2D eigenvalue weighted by atomic mass is 9.97. The summed E-state index contributed by atoms with van der Waals surface area (Å²) >= 11 is 0.0340. The van der Waals surface area contributed by atoms with Crippen molar-refractivity contribution >= 4 is 11.1 Å². The van der Waals surface area contributed by atoms with Crippen LogP contribution in [0.5, 0.6) is 0 Å². The van der Waals surface area contributed by atoms with Gasteiger partial charge in [-0.25, -0.2) is 11.1 Å². The van der Waals surface area contributed by atoms with Crippen molar-refractivity contribution in [3.63, 3.8) is 0 Å². The van der Waals surface area contributed by atoms with Crippen LogP contribution in [0.15, 0.2) is 0 Å². The molecule has 4 nitrogen and oxygen atoms in total. The Bertz CT molecular complexity index is 261. The zero-order valence-corrected chi connectivity index (χ0v) is 15.6. The number of piperidine rings is 1. The highest BCUT2D eigenvalue weighted by molar-refractivity contribution is 8.14. The molecule has 1 aliphatic heterocycles. The molecule has 0 aliphatic carbocycles. The van der Waals surface area contributed by atoms with Crippen LogP contribution in [0.25, 0.3) is 0 Å². The molecular formula is C16H37N3OS. The van der Waals surface area contributed by atoms with Gasteiger partial charge < -0.3 is 15.0 Å². The number of nitrogens with one attached hydrogen (secondary N) is 2. The van der Waals surface area contributed by atoms with E-state index in [-0.39, 0.29) is 11.1 Å². The van der Waals surface area contributed by atoms with E-state index < -0.39 is 0 Å². The van der Waals surface area contributed by atoms with Crippen LogP contribution in [0.4, 0.5) is 0 Å². The maximum absolute atomic E-state index is 5.73. The van der Waals surface area contributed by atoms with Crippen molar-refractivity contribution < 1.29 is 4.74 Å². The lowest BCUT2D eigenvalue weighted by Crippen LogP contribution is -2.42. The molecule has 0 unspecified atom stereocenters. The summed E-state index contributed by atoms with van der Waals surface area (Å²) in [4.78, 5) is 2.54. The summed E-state index contributed by atoms with van der Waals surface area (Å²) in [7, 11) is 0. The molecule has 5 heteroatoms. The number of nitrogens with zero attached hydrogens (tertiary/aromatic N) is 1. The molecular weight excluding hydrogens is 282 g/mol. The summed E-state index contributed by atoms with van der Waals surface area (Å²) in [5.41, 5.74) is 0.357. The van der Waals surface area contributed by atoms with Crippen LogP contribution >= 0.6 is 11.1 Å².